The van der Waals surface area contributed by atoms with Gasteiger partial charge in [0.25, 0.3) is 0 Å². The van der Waals surface area contributed by atoms with Crippen molar-refractivity contribution in [2.45, 2.75) is 58.5 Å². The zero-order chi connectivity index (χ0) is 15.1. The number of likely N-dealkylation sites (tertiary alicyclic amines) is 1. The largest absolute Gasteiger partial charge is 0.356 e. The first-order valence-corrected chi connectivity index (χ1v) is 7.37. The minimum absolute atomic E-state index is 0.0325. The standard InChI is InChI=1S/C14H25N3O3/c1-4-7-16-12(18)6-8-15-11-9-13(19)17(14(11)20)10(3)5-2/h10-11,15H,4-9H2,1-3H3,(H,16,18). The molecule has 0 aromatic heterocycles. The summed E-state index contributed by atoms with van der Waals surface area (Å²) in [5.41, 5.74) is 0. The van der Waals surface area contributed by atoms with Crippen molar-refractivity contribution in [3.05, 3.63) is 0 Å². The van der Waals surface area contributed by atoms with E-state index in [4.69, 9.17) is 0 Å². The second kappa shape index (κ2) is 7.99. The molecule has 0 saturated carbocycles. The minimum Gasteiger partial charge on any atom is -0.356 e. The first-order chi connectivity index (χ1) is 9.51. The van der Waals surface area contributed by atoms with E-state index in [9.17, 15) is 14.4 Å². The van der Waals surface area contributed by atoms with E-state index in [2.05, 4.69) is 10.6 Å². The Morgan fingerprint density at radius 1 is 1.35 bits per heavy atom. The van der Waals surface area contributed by atoms with Gasteiger partial charge < -0.3 is 10.6 Å². The molecule has 1 aliphatic rings. The van der Waals surface area contributed by atoms with Crippen molar-refractivity contribution in [3.63, 3.8) is 0 Å². The molecule has 2 atom stereocenters. The first-order valence-electron chi connectivity index (χ1n) is 7.37. The third-order valence-electron chi connectivity index (χ3n) is 3.53. The van der Waals surface area contributed by atoms with Gasteiger partial charge >= 0.3 is 0 Å². The minimum atomic E-state index is -0.476. The molecule has 1 saturated heterocycles. The molecular formula is C14H25N3O3. The molecule has 0 aromatic rings. The number of rotatable bonds is 8. The van der Waals surface area contributed by atoms with Gasteiger partial charge in [-0.15, -0.1) is 0 Å². The van der Waals surface area contributed by atoms with Crippen LogP contribution in [0.25, 0.3) is 0 Å². The molecule has 6 nitrogen and oxygen atoms in total. The van der Waals surface area contributed by atoms with Crippen LogP contribution in [0.1, 0.15) is 46.5 Å². The van der Waals surface area contributed by atoms with Gasteiger partial charge in [-0.25, -0.2) is 0 Å². The van der Waals surface area contributed by atoms with Gasteiger partial charge in [0.2, 0.25) is 17.7 Å². The molecule has 1 aliphatic heterocycles. The van der Waals surface area contributed by atoms with Crippen molar-refractivity contribution in [2.24, 2.45) is 0 Å². The van der Waals surface area contributed by atoms with Gasteiger partial charge in [-0.1, -0.05) is 13.8 Å². The molecule has 3 amide bonds. The highest BCUT2D eigenvalue weighted by Gasteiger charge is 2.40. The summed E-state index contributed by atoms with van der Waals surface area (Å²) in [5.74, 6) is -0.328. The van der Waals surface area contributed by atoms with E-state index >= 15 is 0 Å². The predicted octanol–water partition coefficient (Wildman–Crippen LogP) is 0.418. The summed E-state index contributed by atoms with van der Waals surface area (Å²) in [4.78, 5) is 36.7. The van der Waals surface area contributed by atoms with Crippen LogP contribution in [-0.2, 0) is 14.4 Å². The highest BCUT2D eigenvalue weighted by Crippen LogP contribution is 2.17. The predicted molar refractivity (Wildman–Crippen MR) is 75.9 cm³/mol. The van der Waals surface area contributed by atoms with E-state index in [0.29, 0.717) is 19.5 Å². The Labute approximate surface area is 120 Å². The monoisotopic (exact) mass is 283 g/mol. The fraction of sp³-hybridized carbons (Fsp3) is 0.786. The molecule has 20 heavy (non-hydrogen) atoms. The van der Waals surface area contributed by atoms with Crippen LogP contribution in [0.15, 0.2) is 0 Å². The molecule has 2 N–H and O–H groups in total. The molecule has 2 unspecified atom stereocenters. The van der Waals surface area contributed by atoms with Crippen LogP contribution >= 0.6 is 0 Å². The van der Waals surface area contributed by atoms with Crippen LogP contribution in [0.4, 0.5) is 0 Å². The molecule has 0 aliphatic carbocycles. The average molecular weight is 283 g/mol. The van der Waals surface area contributed by atoms with E-state index in [1.165, 1.54) is 4.90 Å². The number of carbonyl (C=O) groups excluding carboxylic acids is 3. The maximum absolute atomic E-state index is 12.1. The van der Waals surface area contributed by atoms with Crippen molar-refractivity contribution >= 4 is 17.7 Å². The van der Waals surface area contributed by atoms with Crippen molar-refractivity contribution in [3.8, 4) is 0 Å². The number of hydrogen-bond acceptors (Lipinski definition) is 4. The highest BCUT2D eigenvalue weighted by molar-refractivity contribution is 6.05. The van der Waals surface area contributed by atoms with Crippen molar-refractivity contribution in [2.75, 3.05) is 13.1 Å². The fourth-order valence-electron chi connectivity index (χ4n) is 2.17. The first kappa shape index (κ1) is 16.6. The second-order valence-electron chi connectivity index (χ2n) is 5.17. The van der Waals surface area contributed by atoms with Gasteiger partial charge in [0.15, 0.2) is 0 Å². The SMILES string of the molecule is CCCNC(=O)CCNC1CC(=O)N(C(C)CC)C1=O. The maximum Gasteiger partial charge on any atom is 0.247 e. The van der Waals surface area contributed by atoms with Gasteiger partial charge in [-0.05, 0) is 19.8 Å². The van der Waals surface area contributed by atoms with Crippen molar-refractivity contribution < 1.29 is 14.4 Å². The lowest BCUT2D eigenvalue weighted by molar-refractivity contribution is -0.141. The summed E-state index contributed by atoms with van der Waals surface area (Å²) in [6.07, 6.45) is 2.17. The molecule has 6 heteroatoms. The molecule has 1 fully saturated rings. The molecular weight excluding hydrogens is 258 g/mol. The van der Waals surface area contributed by atoms with Gasteiger partial charge in [0, 0.05) is 25.6 Å². The molecule has 1 rings (SSSR count). The summed E-state index contributed by atoms with van der Waals surface area (Å²) >= 11 is 0. The number of amides is 3. The van der Waals surface area contributed by atoms with Gasteiger partial charge in [-0.3, -0.25) is 19.3 Å². The summed E-state index contributed by atoms with van der Waals surface area (Å²) in [5, 5.41) is 5.78. The molecule has 0 spiro atoms. The highest BCUT2D eigenvalue weighted by atomic mass is 16.2. The number of carbonyl (C=O) groups is 3. The van der Waals surface area contributed by atoms with Gasteiger partial charge in [0.1, 0.15) is 0 Å². The van der Waals surface area contributed by atoms with Crippen LogP contribution in [-0.4, -0.2) is 47.8 Å². The van der Waals surface area contributed by atoms with Crippen LogP contribution in [0.3, 0.4) is 0 Å². The van der Waals surface area contributed by atoms with E-state index in [1.54, 1.807) is 0 Å². The molecule has 1 heterocycles. The molecule has 0 aromatic carbocycles. The van der Waals surface area contributed by atoms with Crippen LogP contribution in [0, 0.1) is 0 Å². The Hall–Kier alpha value is -1.43. The van der Waals surface area contributed by atoms with Crippen LogP contribution < -0.4 is 10.6 Å². The Morgan fingerprint density at radius 3 is 2.65 bits per heavy atom. The van der Waals surface area contributed by atoms with Crippen LogP contribution in [0.5, 0.6) is 0 Å². The van der Waals surface area contributed by atoms with E-state index in [-0.39, 0.29) is 30.2 Å². The van der Waals surface area contributed by atoms with E-state index in [0.717, 1.165) is 12.8 Å². The normalized spacial score (nSPS) is 20.4. The average Bonchev–Trinajstić information content (AvgIpc) is 2.70. The van der Waals surface area contributed by atoms with Crippen molar-refractivity contribution in [1.29, 1.82) is 0 Å². The number of nitrogens with zero attached hydrogens (tertiary/aromatic N) is 1. The summed E-state index contributed by atoms with van der Waals surface area (Å²) in [6.45, 7) is 6.89. The fourth-order valence-corrected chi connectivity index (χ4v) is 2.17. The summed E-state index contributed by atoms with van der Waals surface area (Å²) < 4.78 is 0. The molecule has 0 bridgehead atoms. The maximum atomic E-state index is 12.1. The zero-order valence-corrected chi connectivity index (χ0v) is 12.6. The zero-order valence-electron chi connectivity index (χ0n) is 12.6. The van der Waals surface area contributed by atoms with E-state index in [1.807, 2.05) is 20.8 Å². The summed E-state index contributed by atoms with van der Waals surface area (Å²) in [7, 11) is 0. The third-order valence-corrected chi connectivity index (χ3v) is 3.53. The van der Waals surface area contributed by atoms with Gasteiger partial charge in [0.05, 0.1) is 12.5 Å². The Balaban J connectivity index is 2.37. The molecule has 114 valence electrons. The Kier molecular flexibility index (Phi) is 6.64. The number of nitrogens with one attached hydrogen (secondary N) is 2. The van der Waals surface area contributed by atoms with E-state index < -0.39 is 6.04 Å². The summed E-state index contributed by atoms with van der Waals surface area (Å²) in [6, 6.07) is -0.537. The van der Waals surface area contributed by atoms with Crippen molar-refractivity contribution in [1.82, 2.24) is 15.5 Å². The quantitative estimate of drug-likeness (QED) is 0.633. The second-order valence-corrected chi connectivity index (χ2v) is 5.17. The Bertz CT molecular complexity index is 371. The lowest BCUT2D eigenvalue weighted by Crippen LogP contribution is -2.43. The van der Waals surface area contributed by atoms with Gasteiger partial charge in [-0.2, -0.15) is 0 Å². The Morgan fingerprint density at radius 2 is 2.05 bits per heavy atom. The smallest absolute Gasteiger partial charge is 0.247 e. The van der Waals surface area contributed by atoms with Crippen LogP contribution in [0.2, 0.25) is 0 Å². The number of imide groups is 1. The lowest BCUT2D eigenvalue weighted by atomic mass is 10.2. The topological polar surface area (TPSA) is 78.5 Å². The lowest BCUT2D eigenvalue weighted by Gasteiger charge is -2.21. The third kappa shape index (κ3) is 4.30. The molecule has 0 radical (unpaired) electrons. The number of hydrogen-bond donors (Lipinski definition) is 2.